The Morgan fingerprint density at radius 1 is 1.44 bits per heavy atom. The molecule has 18 heavy (non-hydrogen) atoms. The van der Waals surface area contributed by atoms with Crippen molar-refractivity contribution < 1.29 is 13.2 Å². The summed E-state index contributed by atoms with van der Waals surface area (Å²) in [6, 6.07) is 2.83. The van der Waals surface area contributed by atoms with Crippen molar-refractivity contribution >= 4 is 27.3 Å². The lowest BCUT2D eigenvalue weighted by Crippen LogP contribution is -2.27. The number of hydrogen-bond donors (Lipinski definition) is 2. The Balaban J connectivity index is 2.85. The van der Waals surface area contributed by atoms with Crippen LogP contribution in [0.15, 0.2) is 17.0 Å². The maximum atomic E-state index is 11.9. The average molecular weight is 293 g/mol. The summed E-state index contributed by atoms with van der Waals surface area (Å²) in [6.07, 6.45) is 0. The molecular formula is C11H17ClN2O3S. The van der Waals surface area contributed by atoms with Crippen molar-refractivity contribution in [3.8, 4) is 0 Å². The standard InChI is InChI=1S/C11H17ClN2O3S/c1-3-17-5-4-14-18(15,16)9-6-8(2)11(12)10(13)7-9/h6-7,14H,3-5,13H2,1-2H3. The van der Waals surface area contributed by atoms with Gasteiger partial charge in [0.15, 0.2) is 0 Å². The van der Waals surface area contributed by atoms with E-state index >= 15 is 0 Å². The number of ether oxygens (including phenoxy) is 1. The number of halogens is 1. The molecule has 7 heteroatoms. The zero-order valence-corrected chi connectivity index (χ0v) is 11.9. The fourth-order valence-electron chi connectivity index (χ4n) is 1.39. The summed E-state index contributed by atoms with van der Waals surface area (Å²) in [5.74, 6) is 0. The van der Waals surface area contributed by atoms with Crippen molar-refractivity contribution in [2.24, 2.45) is 0 Å². The average Bonchev–Trinajstić information content (AvgIpc) is 2.31. The topological polar surface area (TPSA) is 81.4 Å². The number of aryl methyl sites for hydroxylation is 1. The van der Waals surface area contributed by atoms with E-state index in [1.54, 1.807) is 6.92 Å². The highest BCUT2D eigenvalue weighted by Crippen LogP contribution is 2.26. The van der Waals surface area contributed by atoms with Crippen LogP contribution in [0.5, 0.6) is 0 Å². The number of hydrogen-bond acceptors (Lipinski definition) is 4. The van der Waals surface area contributed by atoms with Gasteiger partial charge in [-0.1, -0.05) is 11.6 Å². The largest absolute Gasteiger partial charge is 0.397 e. The molecule has 5 nitrogen and oxygen atoms in total. The van der Waals surface area contributed by atoms with E-state index in [-0.39, 0.29) is 17.1 Å². The van der Waals surface area contributed by atoms with Gasteiger partial charge < -0.3 is 10.5 Å². The van der Waals surface area contributed by atoms with Crippen molar-refractivity contribution in [2.45, 2.75) is 18.7 Å². The number of sulfonamides is 1. The van der Waals surface area contributed by atoms with Crippen LogP contribution >= 0.6 is 11.6 Å². The van der Waals surface area contributed by atoms with Crippen molar-refractivity contribution in [1.82, 2.24) is 4.72 Å². The summed E-state index contributed by atoms with van der Waals surface area (Å²) in [5, 5.41) is 0.378. The molecule has 0 saturated heterocycles. The minimum absolute atomic E-state index is 0.110. The fourth-order valence-corrected chi connectivity index (χ4v) is 2.64. The van der Waals surface area contributed by atoms with Crippen LogP contribution < -0.4 is 10.5 Å². The summed E-state index contributed by atoms with van der Waals surface area (Å²) >= 11 is 5.89. The second-order valence-corrected chi connectivity index (χ2v) is 5.88. The van der Waals surface area contributed by atoms with E-state index in [1.807, 2.05) is 6.92 Å². The highest BCUT2D eigenvalue weighted by Gasteiger charge is 2.16. The van der Waals surface area contributed by atoms with Gasteiger partial charge in [-0.2, -0.15) is 0 Å². The minimum Gasteiger partial charge on any atom is -0.397 e. The Bertz CT molecular complexity index is 494. The summed E-state index contributed by atoms with van der Waals surface area (Å²) in [5.41, 5.74) is 6.52. The second kappa shape index (κ2) is 6.38. The molecule has 0 heterocycles. The van der Waals surface area contributed by atoms with E-state index in [1.165, 1.54) is 12.1 Å². The van der Waals surface area contributed by atoms with Gasteiger partial charge in [0, 0.05) is 13.2 Å². The molecule has 0 aliphatic rings. The van der Waals surface area contributed by atoms with Gasteiger partial charge in [-0.3, -0.25) is 0 Å². The Morgan fingerprint density at radius 2 is 2.11 bits per heavy atom. The molecule has 1 rings (SSSR count). The Labute approximate surface area is 112 Å². The molecule has 0 aliphatic heterocycles. The maximum Gasteiger partial charge on any atom is 0.240 e. The van der Waals surface area contributed by atoms with Crippen LogP contribution in [0.25, 0.3) is 0 Å². The number of nitrogen functional groups attached to an aromatic ring is 1. The van der Waals surface area contributed by atoms with Gasteiger partial charge in [0.1, 0.15) is 0 Å². The Morgan fingerprint density at radius 3 is 2.67 bits per heavy atom. The van der Waals surface area contributed by atoms with Crippen LogP contribution in [0.2, 0.25) is 5.02 Å². The van der Waals surface area contributed by atoms with Gasteiger partial charge in [0.05, 0.1) is 22.2 Å². The monoisotopic (exact) mass is 292 g/mol. The zero-order valence-electron chi connectivity index (χ0n) is 10.4. The predicted octanol–water partition coefficient (Wildman–Crippen LogP) is 1.55. The number of nitrogens with two attached hydrogens (primary N) is 1. The van der Waals surface area contributed by atoms with E-state index in [9.17, 15) is 8.42 Å². The molecule has 0 unspecified atom stereocenters. The molecule has 0 fully saturated rings. The van der Waals surface area contributed by atoms with Crippen molar-refractivity contribution in [2.75, 3.05) is 25.5 Å². The molecule has 1 aromatic rings. The zero-order chi connectivity index (χ0) is 13.8. The van der Waals surface area contributed by atoms with E-state index in [0.717, 1.165) is 0 Å². The lowest BCUT2D eigenvalue weighted by molar-refractivity contribution is 0.153. The lowest BCUT2D eigenvalue weighted by Gasteiger charge is -2.10. The molecule has 0 atom stereocenters. The normalized spacial score (nSPS) is 11.7. The van der Waals surface area contributed by atoms with Gasteiger partial charge in [0.25, 0.3) is 0 Å². The Kier molecular flexibility index (Phi) is 5.40. The summed E-state index contributed by atoms with van der Waals surface area (Å²) in [6.45, 7) is 4.65. The first-order valence-corrected chi connectivity index (χ1v) is 7.37. The predicted molar refractivity (Wildman–Crippen MR) is 72.3 cm³/mol. The van der Waals surface area contributed by atoms with Crippen LogP contribution in [0, 0.1) is 6.92 Å². The molecule has 0 spiro atoms. The van der Waals surface area contributed by atoms with Crippen molar-refractivity contribution in [1.29, 1.82) is 0 Å². The molecule has 0 radical (unpaired) electrons. The highest BCUT2D eigenvalue weighted by atomic mass is 35.5. The van der Waals surface area contributed by atoms with E-state index in [4.69, 9.17) is 22.1 Å². The molecule has 1 aromatic carbocycles. The van der Waals surface area contributed by atoms with Gasteiger partial charge in [0.2, 0.25) is 10.0 Å². The SMILES string of the molecule is CCOCCNS(=O)(=O)c1cc(C)c(Cl)c(N)c1. The van der Waals surface area contributed by atoms with E-state index in [2.05, 4.69) is 4.72 Å². The third-order valence-electron chi connectivity index (χ3n) is 2.31. The number of anilines is 1. The first kappa shape index (κ1) is 15.2. The number of benzene rings is 1. The van der Waals surface area contributed by atoms with E-state index < -0.39 is 10.0 Å². The molecule has 0 aromatic heterocycles. The summed E-state index contributed by atoms with van der Waals surface area (Å²) in [4.78, 5) is 0.110. The summed E-state index contributed by atoms with van der Waals surface area (Å²) in [7, 11) is -3.57. The van der Waals surface area contributed by atoms with E-state index in [0.29, 0.717) is 23.8 Å². The first-order chi connectivity index (χ1) is 8.38. The first-order valence-electron chi connectivity index (χ1n) is 5.51. The lowest BCUT2D eigenvalue weighted by atomic mass is 10.2. The quantitative estimate of drug-likeness (QED) is 0.616. The molecule has 0 amide bonds. The van der Waals surface area contributed by atoms with Crippen LogP contribution in [-0.2, 0) is 14.8 Å². The molecule has 102 valence electrons. The van der Waals surface area contributed by atoms with Gasteiger partial charge >= 0.3 is 0 Å². The molecular weight excluding hydrogens is 276 g/mol. The second-order valence-electron chi connectivity index (χ2n) is 3.74. The molecule has 0 bridgehead atoms. The summed E-state index contributed by atoms with van der Waals surface area (Å²) < 4.78 is 31.4. The molecule has 3 N–H and O–H groups in total. The fraction of sp³-hybridized carbons (Fsp3) is 0.455. The highest BCUT2D eigenvalue weighted by molar-refractivity contribution is 7.89. The third-order valence-corrected chi connectivity index (χ3v) is 4.27. The van der Waals surface area contributed by atoms with Crippen LogP contribution in [-0.4, -0.2) is 28.2 Å². The number of nitrogens with one attached hydrogen (secondary N) is 1. The van der Waals surface area contributed by atoms with Crippen LogP contribution in [0.1, 0.15) is 12.5 Å². The minimum atomic E-state index is -3.57. The smallest absolute Gasteiger partial charge is 0.240 e. The third kappa shape index (κ3) is 3.84. The molecule has 0 aliphatic carbocycles. The van der Waals surface area contributed by atoms with Crippen LogP contribution in [0.4, 0.5) is 5.69 Å². The van der Waals surface area contributed by atoms with Gasteiger partial charge in [-0.05, 0) is 31.5 Å². The molecule has 0 saturated carbocycles. The Hall–Kier alpha value is -0.820. The van der Waals surface area contributed by atoms with Crippen molar-refractivity contribution in [3.63, 3.8) is 0 Å². The van der Waals surface area contributed by atoms with Crippen molar-refractivity contribution in [3.05, 3.63) is 22.7 Å². The van der Waals surface area contributed by atoms with Gasteiger partial charge in [-0.25, -0.2) is 13.1 Å². The van der Waals surface area contributed by atoms with Crippen LogP contribution in [0.3, 0.4) is 0 Å². The van der Waals surface area contributed by atoms with Gasteiger partial charge in [-0.15, -0.1) is 0 Å². The number of rotatable bonds is 6. The maximum absolute atomic E-state index is 11.9.